The van der Waals surface area contributed by atoms with Crippen LogP contribution in [0.4, 0.5) is 15.8 Å². The minimum Gasteiger partial charge on any atom is -0.374 e. The third-order valence-electron chi connectivity index (χ3n) is 4.92. The maximum atomic E-state index is 14.4. The van der Waals surface area contributed by atoms with Gasteiger partial charge in [-0.05, 0) is 24.6 Å². The normalized spacial score (nSPS) is 25.6. The quantitative estimate of drug-likeness (QED) is 0.706. The van der Waals surface area contributed by atoms with Crippen LogP contribution in [0, 0.1) is 11.2 Å². The Morgan fingerprint density at radius 1 is 1.26 bits per heavy atom. The van der Waals surface area contributed by atoms with Crippen LogP contribution in [0.15, 0.2) is 18.2 Å². The van der Waals surface area contributed by atoms with Crippen LogP contribution >= 0.6 is 0 Å². The molecule has 0 bridgehead atoms. The number of imide groups is 1. The molecule has 7 heteroatoms. The Hall–Kier alpha value is -2.15. The highest BCUT2D eigenvalue weighted by Crippen LogP contribution is 2.38. The van der Waals surface area contributed by atoms with E-state index in [0.717, 1.165) is 26.2 Å². The van der Waals surface area contributed by atoms with Gasteiger partial charge in [-0.2, -0.15) is 0 Å². The third-order valence-corrected chi connectivity index (χ3v) is 4.92. The maximum absolute atomic E-state index is 14.4. The Balaban J connectivity index is 1.42. The van der Waals surface area contributed by atoms with Crippen molar-refractivity contribution in [1.29, 1.82) is 0 Å². The average Bonchev–Trinajstić information content (AvgIpc) is 2.41. The lowest BCUT2D eigenvalue weighted by Crippen LogP contribution is -2.71. The second-order valence-corrected chi connectivity index (χ2v) is 6.77. The molecule has 2 amide bonds. The number of halogens is 1. The fourth-order valence-electron chi connectivity index (χ4n) is 3.52. The first-order valence-corrected chi connectivity index (χ1v) is 7.90. The van der Waals surface area contributed by atoms with Gasteiger partial charge >= 0.3 is 0 Å². The van der Waals surface area contributed by atoms with Gasteiger partial charge in [-0.15, -0.1) is 0 Å². The number of nitrogens with one attached hydrogen (secondary N) is 3. The van der Waals surface area contributed by atoms with Crippen molar-refractivity contribution in [1.82, 2.24) is 10.6 Å². The van der Waals surface area contributed by atoms with Gasteiger partial charge in [0.25, 0.3) is 0 Å². The van der Waals surface area contributed by atoms with Crippen molar-refractivity contribution in [2.45, 2.75) is 18.9 Å². The summed E-state index contributed by atoms with van der Waals surface area (Å²) in [4.78, 5) is 24.9. The Morgan fingerprint density at radius 3 is 2.65 bits per heavy atom. The summed E-state index contributed by atoms with van der Waals surface area (Å²) in [5.74, 6) is -0.899. The molecule has 122 valence electrons. The van der Waals surface area contributed by atoms with Gasteiger partial charge in [-0.1, -0.05) is 0 Å². The first-order valence-electron chi connectivity index (χ1n) is 7.90. The van der Waals surface area contributed by atoms with Crippen molar-refractivity contribution in [3.63, 3.8) is 0 Å². The van der Waals surface area contributed by atoms with Crippen LogP contribution in [0.2, 0.25) is 0 Å². The van der Waals surface area contributed by atoms with Crippen molar-refractivity contribution >= 4 is 23.2 Å². The van der Waals surface area contributed by atoms with Crippen LogP contribution in [0.1, 0.15) is 12.8 Å². The molecule has 3 saturated heterocycles. The van der Waals surface area contributed by atoms with Crippen LogP contribution in [0.3, 0.4) is 0 Å². The van der Waals surface area contributed by atoms with Crippen LogP contribution < -0.4 is 20.9 Å². The molecule has 1 spiro atoms. The van der Waals surface area contributed by atoms with E-state index in [-0.39, 0.29) is 17.6 Å². The lowest BCUT2D eigenvalue weighted by atomic mass is 9.74. The van der Waals surface area contributed by atoms with Crippen LogP contribution in [0.25, 0.3) is 0 Å². The number of hydrogen-bond acceptors (Lipinski definition) is 5. The standard InChI is InChI=1S/C16H19FN4O2/c17-11-5-10(19-12-2-4-14(22)20-15(12)23)1-3-13(11)21-8-16(9-21)6-18-7-16/h1,3,5,12,18-19H,2,4,6-9H2,(H,20,22,23). The van der Waals surface area contributed by atoms with Gasteiger partial charge in [0.1, 0.15) is 11.9 Å². The molecule has 0 aromatic heterocycles. The lowest BCUT2D eigenvalue weighted by molar-refractivity contribution is -0.133. The van der Waals surface area contributed by atoms with E-state index in [2.05, 4.69) is 16.0 Å². The molecular weight excluding hydrogens is 299 g/mol. The SMILES string of the molecule is O=C1CCC(Nc2ccc(N3CC4(CNC4)C3)c(F)c2)C(=O)N1. The Kier molecular flexibility index (Phi) is 3.26. The van der Waals surface area contributed by atoms with Gasteiger partial charge in [0.2, 0.25) is 11.8 Å². The summed E-state index contributed by atoms with van der Waals surface area (Å²) in [6, 6.07) is 4.46. The number of carbonyl (C=O) groups is 2. The van der Waals surface area contributed by atoms with E-state index in [9.17, 15) is 14.0 Å². The predicted octanol–water partition coefficient (Wildman–Crippen LogP) is 0.452. The monoisotopic (exact) mass is 318 g/mol. The highest BCUT2D eigenvalue weighted by molar-refractivity contribution is 6.01. The molecule has 1 unspecified atom stereocenters. The molecule has 3 N–H and O–H groups in total. The highest BCUT2D eigenvalue weighted by Gasteiger charge is 2.48. The molecule has 1 aromatic carbocycles. The number of anilines is 2. The van der Waals surface area contributed by atoms with E-state index in [1.165, 1.54) is 6.07 Å². The number of carbonyl (C=O) groups excluding carboxylic acids is 2. The van der Waals surface area contributed by atoms with Gasteiger partial charge in [-0.3, -0.25) is 14.9 Å². The fraction of sp³-hybridized carbons (Fsp3) is 0.500. The number of hydrogen-bond donors (Lipinski definition) is 3. The van der Waals surface area contributed by atoms with E-state index in [1.807, 2.05) is 4.90 Å². The van der Waals surface area contributed by atoms with E-state index >= 15 is 0 Å². The summed E-state index contributed by atoms with van der Waals surface area (Å²) in [6.07, 6.45) is 0.726. The van der Waals surface area contributed by atoms with Gasteiger partial charge < -0.3 is 15.5 Å². The first-order chi connectivity index (χ1) is 11.0. The Bertz CT molecular complexity index is 666. The molecule has 0 radical (unpaired) electrons. The van der Waals surface area contributed by atoms with Crippen LogP contribution in [-0.2, 0) is 9.59 Å². The number of nitrogens with zero attached hydrogens (tertiary/aromatic N) is 1. The number of benzene rings is 1. The Labute approximate surface area is 133 Å². The van der Waals surface area contributed by atoms with E-state index in [0.29, 0.717) is 29.6 Å². The summed E-state index contributed by atoms with van der Waals surface area (Å²) in [5, 5.41) is 8.55. The van der Waals surface area contributed by atoms with Crippen molar-refractivity contribution in [3.8, 4) is 0 Å². The summed E-state index contributed by atoms with van der Waals surface area (Å²) in [5.41, 5.74) is 1.51. The van der Waals surface area contributed by atoms with Crippen molar-refractivity contribution in [3.05, 3.63) is 24.0 Å². The zero-order chi connectivity index (χ0) is 16.0. The minimum atomic E-state index is -0.494. The zero-order valence-corrected chi connectivity index (χ0v) is 12.7. The number of piperidine rings is 1. The first kappa shape index (κ1) is 14.4. The molecule has 3 heterocycles. The largest absolute Gasteiger partial charge is 0.374 e. The molecule has 6 nitrogen and oxygen atoms in total. The third kappa shape index (κ3) is 2.55. The molecule has 4 rings (SSSR count). The van der Waals surface area contributed by atoms with Crippen molar-refractivity contribution in [2.75, 3.05) is 36.4 Å². The highest BCUT2D eigenvalue weighted by atomic mass is 19.1. The summed E-state index contributed by atoms with van der Waals surface area (Å²) < 4.78 is 14.4. The molecule has 3 aliphatic heterocycles. The summed E-state index contributed by atoms with van der Waals surface area (Å²) in [6.45, 7) is 3.80. The molecule has 23 heavy (non-hydrogen) atoms. The van der Waals surface area contributed by atoms with E-state index in [4.69, 9.17) is 0 Å². The average molecular weight is 318 g/mol. The molecule has 0 saturated carbocycles. The molecule has 1 aromatic rings. The number of rotatable bonds is 3. The molecule has 1 atom stereocenters. The number of amides is 2. The van der Waals surface area contributed by atoms with Crippen LogP contribution in [0.5, 0.6) is 0 Å². The Morgan fingerprint density at radius 2 is 2.04 bits per heavy atom. The molecule has 3 fully saturated rings. The van der Waals surface area contributed by atoms with Gasteiger partial charge in [0.05, 0.1) is 5.69 Å². The lowest BCUT2D eigenvalue weighted by Gasteiger charge is -2.57. The minimum absolute atomic E-state index is 0.258. The van der Waals surface area contributed by atoms with E-state index in [1.54, 1.807) is 12.1 Å². The van der Waals surface area contributed by atoms with Gasteiger partial charge in [0, 0.05) is 43.7 Å². The second-order valence-electron chi connectivity index (χ2n) is 6.77. The fourth-order valence-corrected chi connectivity index (χ4v) is 3.52. The molecule has 3 aliphatic rings. The van der Waals surface area contributed by atoms with Crippen molar-refractivity contribution in [2.24, 2.45) is 5.41 Å². The van der Waals surface area contributed by atoms with Crippen molar-refractivity contribution < 1.29 is 14.0 Å². The second kappa shape index (κ2) is 5.19. The summed E-state index contributed by atoms with van der Waals surface area (Å²) >= 11 is 0. The van der Waals surface area contributed by atoms with E-state index < -0.39 is 6.04 Å². The molecule has 0 aliphatic carbocycles. The topological polar surface area (TPSA) is 73.5 Å². The summed E-state index contributed by atoms with van der Waals surface area (Å²) in [7, 11) is 0. The zero-order valence-electron chi connectivity index (χ0n) is 12.7. The van der Waals surface area contributed by atoms with Gasteiger partial charge in [-0.25, -0.2) is 4.39 Å². The molecular formula is C16H19FN4O2. The maximum Gasteiger partial charge on any atom is 0.249 e. The predicted molar refractivity (Wildman–Crippen MR) is 83.7 cm³/mol. The smallest absolute Gasteiger partial charge is 0.249 e. The van der Waals surface area contributed by atoms with Crippen LogP contribution in [-0.4, -0.2) is 44.0 Å². The van der Waals surface area contributed by atoms with Gasteiger partial charge in [0.15, 0.2) is 0 Å².